The second-order valence-corrected chi connectivity index (χ2v) is 10.1. The number of aryl methyl sites for hydroxylation is 1. The van der Waals surface area contributed by atoms with Gasteiger partial charge in [-0.15, -0.1) is 0 Å². The molecule has 0 aliphatic carbocycles. The molecule has 2 aromatic carbocycles. The van der Waals surface area contributed by atoms with E-state index < -0.39 is 12.1 Å². The molecule has 2 aromatic heterocycles. The Balaban J connectivity index is 1.56. The average Bonchev–Trinajstić information content (AvgIpc) is 3.13. The van der Waals surface area contributed by atoms with E-state index in [0.29, 0.717) is 23.8 Å². The van der Waals surface area contributed by atoms with Crippen molar-refractivity contribution < 1.29 is 19.4 Å². The molecule has 38 heavy (non-hydrogen) atoms. The number of amides is 1. The van der Waals surface area contributed by atoms with Crippen molar-refractivity contribution in [2.24, 2.45) is 0 Å². The van der Waals surface area contributed by atoms with Gasteiger partial charge in [0.05, 0.1) is 18.3 Å². The minimum atomic E-state index is -1.02. The maximum Gasteiger partial charge on any atom is 0.344 e. The fourth-order valence-electron chi connectivity index (χ4n) is 4.58. The van der Waals surface area contributed by atoms with Gasteiger partial charge in [-0.3, -0.25) is 9.78 Å². The van der Waals surface area contributed by atoms with Crippen LogP contribution in [0.3, 0.4) is 0 Å². The van der Waals surface area contributed by atoms with Crippen LogP contribution in [0.2, 0.25) is 0 Å². The van der Waals surface area contributed by atoms with Gasteiger partial charge in [0, 0.05) is 34.4 Å². The number of rotatable bonds is 9. The third kappa shape index (κ3) is 5.72. The highest BCUT2D eigenvalue weighted by Crippen LogP contribution is 2.28. The number of carboxylic acids is 1. The van der Waals surface area contributed by atoms with E-state index in [0.717, 1.165) is 33.4 Å². The SMILES string of the molecule is Cc1c(C)n(Cc2cc(OC(C)C(=O)O)ccn2)c2ccc(C(=O)NC(C)c3cccc(C(C)C)c3)cc12. The van der Waals surface area contributed by atoms with Crippen molar-refractivity contribution in [3.63, 3.8) is 0 Å². The number of benzene rings is 2. The van der Waals surface area contributed by atoms with Crippen molar-refractivity contribution in [2.45, 2.75) is 66.2 Å². The van der Waals surface area contributed by atoms with E-state index in [-0.39, 0.29) is 11.9 Å². The minimum Gasteiger partial charge on any atom is -0.479 e. The Labute approximate surface area is 223 Å². The van der Waals surface area contributed by atoms with Crippen molar-refractivity contribution in [3.05, 3.63) is 94.4 Å². The fourth-order valence-corrected chi connectivity index (χ4v) is 4.58. The van der Waals surface area contributed by atoms with Gasteiger partial charge in [0.1, 0.15) is 5.75 Å². The highest BCUT2D eigenvalue weighted by atomic mass is 16.5. The summed E-state index contributed by atoms with van der Waals surface area (Å²) >= 11 is 0. The number of nitrogens with one attached hydrogen (secondary N) is 1. The predicted octanol–water partition coefficient (Wildman–Crippen LogP) is 6.17. The number of nitrogens with zero attached hydrogens (tertiary/aromatic N) is 2. The van der Waals surface area contributed by atoms with Crippen LogP contribution in [0.25, 0.3) is 10.9 Å². The largest absolute Gasteiger partial charge is 0.479 e. The molecule has 7 nitrogen and oxygen atoms in total. The third-order valence-corrected chi connectivity index (χ3v) is 7.09. The zero-order chi connectivity index (χ0) is 27.6. The Kier molecular flexibility index (Phi) is 7.86. The monoisotopic (exact) mass is 513 g/mol. The third-order valence-electron chi connectivity index (χ3n) is 7.09. The molecule has 0 saturated carbocycles. The summed E-state index contributed by atoms with van der Waals surface area (Å²) in [7, 11) is 0. The van der Waals surface area contributed by atoms with Gasteiger partial charge < -0.3 is 19.7 Å². The molecule has 0 saturated heterocycles. The quantitative estimate of drug-likeness (QED) is 0.279. The average molecular weight is 514 g/mol. The van der Waals surface area contributed by atoms with Crippen molar-refractivity contribution in [3.8, 4) is 5.75 Å². The predicted molar refractivity (Wildman–Crippen MR) is 149 cm³/mol. The van der Waals surface area contributed by atoms with Crippen LogP contribution in [-0.2, 0) is 11.3 Å². The van der Waals surface area contributed by atoms with E-state index in [4.69, 9.17) is 9.84 Å². The highest BCUT2D eigenvalue weighted by Gasteiger charge is 2.18. The lowest BCUT2D eigenvalue weighted by Gasteiger charge is -2.16. The number of pyridine rings is 1. The first-order chi connectivity index (χ1) is 18.0. The molecule has 0 bridgehead atoms. The molecule has 1 amide bonds. The number of aromatic nitrogens is 2. The summed E-state index contributed by atoms with van der Waals surface area (Å²) < 4.78 is 7.66. The first-order valence-electron chi connectivity index (χ1n) is 12.9. The molecular formula is C31H35N3O4. The first kappa shape index (κ1) is 26.9. The molecule has 2 atom stereocenters. The maximum absolute atomic E-state index is 13.2. The number of fused-ring (bicyclic) bond motifs is 1. The van der Waals surface area contributed by atoms with Crippen molar-refractivity contribution >= 4 is 22.8 Å². The molecule has 2 unspecified atom stereocenters. The summed E-state index contributed by atoms with van der Waals surface area (Å²) in [5.41, 5.74) is 6.87. The Bertz CT molecular complexity index is 1490. The number of aliphatic carboxylic acids is 1. The van der Waals surface area contributed by atoms with Gasteiger partial charge in [0.15, 0.2) is 6.10 Å². The van der Waals surface area contributed by atoms with E-state index in [2.05, 4.69) is 47.8 Å². The van der Waals surface area contributed by atoms with Gasteiger partial charge in [0.25, 0.3) is 5.91 Å². The molecule has 0 spiro atoms. The number of hydrogen-bond acceptors (Lipinski definition) is 4. The summed E-state index contributed by atoms with van der Waals surface area (Å²) in [6.07, 6.45) is 0.668. The van der Waals surface area contributed by atoms with Gasteiger partial charge in [-0.2, -0.15) is 0 Å². The number of carbonyl (C=O) groups is 2. The Hall–Kier alpha value is -4.13. The Morgan fingerprint density at radius 1 is 1.00 bits per heavy atom. The standard InChI is InChI=1S/C31H35N3O4/c1-18(2)23-8-7-9-24(14-23)20(4)33-30(35)25-10-11-29-28(15-25)19(3)21(5)34(29)17-26-16-27(12-13-32-26)38-22(6)31(36)37/h7-16,18,20,22H,17H2,1-6H3,(H,33,35)(H,36,37). The van der Waals surface area contributed by atoms with Crippen LogP contribution in [0.4, 0.5) is 0 Å². The molecular weight excluding hydrogens is 478 g/mol. The zero-order valence-corrected chi connectivity index (χ0v) is 22.8. The molecule has 4 aromatic rings. The lowest BCUT2D eigenvalue weighted by Crippen LogP contribution is -2.26. The van der Waals surface area contributed by atoms with Crippen molar-refractivity contribution in [2.75, 3.05) is 0 Å². The second kappa shape index (κ2) is 11.1. The van der Waals surface area contributed by atoms with Crippen LogP contribution < -0.4 is 10.1 Å². The van der Waals surface area contributed by atoms with Gasteiger partial charge in [-0.25, -0.2) is 4.79 Å². The van der Waals surface area contributed by atoms with Crippen molar-refractivity contribution in [1.82, 2.24) is 14.9 Å². The summed E-state index contributed by atoms with van der Waals surface area (Å²) in [4.78, 5) is 28.8. The van der Waals surface area contributed by atoms with Crippen LogP contribution in [0.5, 0.6) is 5.75 Å². The van der Waals surface area contributed by atoms with Crippen LogP contribution in [0.15, 0.2) is 60.8 Å². The molecule has 4 rings (SSSR count). The molecule has 2 N–H and O–H groups in total. The van der Waals surface area contributed by atoms with Crippen LogP contribution in [0.1, 0.15) is 78.1 Å². The van der Waals surface area contributed by atoms with E-state index in [1.807, 2.05) is 44.2 Å². The number of carboxylic acid groups (broad SMARTS) is 1. The van der Waals surface area contributed by atoms with E-state index in [1.54, 1.807) is 18.3 Å². The van der Waals surface area contributed by atoms with Gasteiger partial charge >= 0.3 is 5.97 Å². The molecule has 2 heterocycles. The summed E-state index contributed by atoms with van der Waals surface area (Å²) in [5.74, 6) is -0.250. The molecule has 0 radical (unpaired) electrons. The van der Waals surface area contributed by atoms with Gasteiger partial charge in [-0.1, -0.05) is 38.1 Å². The lowest BCUT2D eigenvalue weighted by atomic mass is 9.98. The first-order valence-corrected chi connectivity index (χ1v) is 12.9. The normalized spacial score (nSPS) is 12.9. The Morgan fingerprint density at radius 3 is 2.45 bits per heavy atom. The Morgan fingerprint density at radius 2 is 1.74 bits per heavy atom. The van der Waals surface area contributed by atoms with Crippen LogP contribution in [0, 0.1) is 13.8 Å². The minimum absolute atomic E-state index is 0.113. The zero-order valence-electron chi connectivity index (χ0n) is 22.8. The van der Waals surface area contributed by atoms with Gasteiger partial charge in [0.2, 0.25) is 0 Å². The van der Waals surface area contributed by atoms with Crippen LogP contribution >= 0.6 is 0 Å². The number of carbonyl (C=O) groups excluding carboxylic acids is 1. The van der Waals surface area contributed by atoms with E-state index >= 15 is 0 Å². The fraction of sp³-hybridized carbons (Fsp3) is 0.323. The summed E-state index contributed by atoms with van der Waals surface area (Å²) in [5, 5.41) is 13.3. The number of hydrogen-bond donors (Lipinski definition) is 2. The van der Waals surface area contributed by atoms with Gasteiger partial charge in [-0.05, 0) is 74.6 Å². The molecule has 0 aliphatic rings. The maximum atomic E-state index is 13.2. The second-order valence-electron chi connectivity index (χ2n) is 10.1. The highest BCUT2D eigenvalue weighted by molar-refractivity contribution is 5.99. The molecule has 0 aliphatic heterocycles. The number of ether oxygens (including phenoxy) is 1. The molecule has 7 heteroatoms. The van der Waals surface area contributed by atoms with E-state index in [9.17, 15) is 9.59 Å². The summed E-state index contributed by atoms with van der Waals surface area (Å²) in [6.45, 7) is 12.4. The topological polar surface area (TPSA) is 93.4 Å². The van der Waals surface area contributed by atoms with Crippen LogP contribution in [-0.4, -0.2) is 32.6 Å². The molecule has 0 fully saturated rings. The van der Waals surface area contributed by atoms with Crippen molar-refractivity contribution in [1.29, 1.82) is 0 Å². The summed E-state index contributed by atoms with van der Waals surface area (Å²) in [6, 6.07) is 17.4. The van der Waals surface area contributed by atoms with E-state index in [1.165, 1.54) is 12.5 Å². The molecule has 198 valence electrons. The smallest absolute Gasteiger partial charge is 0.344 e. The lowest BCUT2D eigenvalue weighted by molar-refractivity contribution is -0.144.